The number of carboxylic acid groups (broad SMARTS) is 1. The average Bonchev–Trinajstić information content (AvgIpc) is 2.59. The van der Waals surface area contributed by atoms with Crippen LogP contribution in [0.15, 0.2) is 42.5 Å². The highest BCUT2D eigenvalue weighted by molar-refractivity contribution is 5.84. The van der Waals surface area contributed by atoms with Gasteiger partial charge in [0, 0.05) is 19.5 Å². The summed E-state index contributed by atoms with van der Waals surface area (Å²) in [5, 5.41) is 15.6. The van der Waals surface area contributed by atoms with E-state index in [2.05, 4.69) is 10.6 Å². The van der Waals surface area contributed by atoms with Crippen molar-refractivity contribution in [3.8, 4) is 5.75 Å². The van der Waals surface area contributed by atoms with E-state index in [4.69, 9.17) is 9.84 Å². The van der Waals surface area contributed by atoms with E-state index >= 15 is 0 Å². The fourth-order valence-corrected chi connectivity index (χ4v) is 2.17. The van der Waals surface area contributed by atoms with Gasteiger partial charge in [0.2, 0.25) is 5.91 Å². The van der Waals surface area contributed by atoms with Crippen LogP contribution >= 0.6 is 0 Å². The first-order chi connectivity index (χ1) is 12.0. The molecule has 3 N–H and O–H groups in total. The molecule has 0 aliphatic carbocycles. The predicted molar refractivity (Wildman–Crippen MR) is 92.3 cm³/mol. The zero-order chi connectivity index (χ0) is 18.1. The standard InChI is InChI=1S/C18H20N2O5/c21-16(19-10-8-18(23)24)7-9-20-17(22)12-25-15-6-5-13-3-1-2-4-14(13)11-15/h1-6,11H,7-10,12H2,(H,19,21)(H,20,22)(H,23,24). The van der Waals surface area contributed by atoms with Gasteiger partial charge in [-0.05, 0) is 22.9 Å². The fraction of sp³-hybridized carbons (Fsp3) is 0.278. The molecule has 0 unspecified atom stereocenters. The number of amides is 2. The van der Waals surface area contributed by atoms with Crippen molar-refractivity contribution in [3.05, 3.63) is 42.5 Å². The maximum absolute atomic E-state index is 11.7. The highest BCUT2D eigenvalue weighted by atomic mass is 16.5. The van der Waals surface area contributed by atoms with E-state index in [1.165, 1.54) is 0 Å². The Labute approximate surface area is 145 Å². The second-order valence-electron chi connectivity index (χ2n) is 5.39. The van der Waals surface area contributed by atoms with Crippen LogP contribution in [0, 0.1) is 0 Å². The molecular formula is C18H20N2O5. The van der Waals surface area contributed by atoms with Crippen molar-refractivity contribution in [2.75, 3.05) is 19.7 Å². The van der Waals surface area contributed by atoms with Gasteiger partial charge in [0.25, 0.3) is 5.91 Å². The van der Waals surface area contributed by atoms with Gasteiger partial charge in [-0.3, -0.25) is 14.4 Å². The number of hydrogen-bond donors (Lipinski definition) is 3. The van der Waals surface area contributed by atoms with E-state index in [9.17, 15) is 14.4 Å². The average molecular weight is 344 g/mol. The number of rotatable bonds is 9. The van der Waals surface area contributed by atoms with Crippen molar-refractivity contribution in [3.63, 3.8) is 0 Å². The third-order valence-corrected chi connectivity index (χ3v) is 3.43. The van der Waals surface area contributed by atoms with Crippen molar-refractivity contribution in [2.24, 2.45) is 0 Å². The molecule has 0 aromatic heterocycles. The molecular weight excluding hydrogens is 324 g/mol. The van der Waals surface area contributed by atoms with E-state index in [0.29, 0.717) is 5.75 Å². The minimum Gasteiger partial charge on any atom is -0.484 e. The predicted octanol–water partition coefficient (Wildman–Crippen LogP) is 1.32. The van der Waals surface area contributed by atoms with Crippen molar-refractivity contribution >= 4 is 28.6 Å². The third kappa shape index (κ3) is 6.50. The molecule has 7 heteroatoms. The summed E-state index contributed by atoms with van der Waals surface area (Å²) in [4.78, 5) is 33.5. The highest BCUT2D eigenvalue weighted by Crippen LogP contribution is 2.20. The summed E-state index contributed by atoms with van der Waals surface area (Å²) < 4.78 is 5.45. The first kappa shape index (κ1) is 18.3. The quantitative estimate of drug-likeness (QED) is 0.636. The molecule has 0 heterocycles. The molecule has 7 nitrogen and oxygen atoms in total. The summed E-state index contributed by atoms with van der Waals surface area (Å²) in [6.07, 6.45) is -0.0426. The van der Waals surface area contributed by atoms with Gasteiger partial charge in [-0.1, -0.05) is 30.3 Å². The second-order valence-corrected chi connectivity index (χ2v) is 5.39. The minimum absolute atomic E-state index is 0.0766. The van der Waals surface area contributed by atoms with Crippen LogP contribution in [0.2, 0.25) is 0 Å². The molecule has 0 spiro atoms. The maximum atomic E-state index is 11.7. The maximum Gasteiger partial charge on any atom is 0.305 e. The topological polar surface area (TPSA) is 105 Å². The van der Waals surface area contributed by atoms with Crippen LogP contribution in [0.3, 0.4) is 0 Å². The van der Waals surface area contributed by atoms with E-state index in [1.54, 1.807) is 6.07 Å². The van der Waals surface area contributed by atoms with Gasteiger partial charge in [0.05, 0.1) is 6.42 Å². The Morgan fingerprint density at radius 2 is 1.56 bits per heavy atom. The third-order valence-electron chi connectivity index (χ3n) is 3.43. The number of aliphatic carboxylic acids is 1. The van der Waals surface area contributed by atoms with E-state index < -0.39 is 5.97 Å². The number of fused-ring (bicyclic) bond motifs is 1. The Balaban J connectivity index is 1.66. The van der Waals surface area contributed by atoms with Crippen LogP contribution in [0.5, 0.6) is 5.75 Å². The van der Waals surface area contributed by atoms with Crippen LogP contribution in [0.1, 0.15) is 12.8 Å². The van der Waals surface area contributed by atoms with Crippen LogP contribution < -0.4 is 15.4 Å². The van der Waals surface area contributed by atoms with E-state index in [-0.39, 0.29) is 44.4 Å². The lowest BCUT2D eigenvalue weighted by Crippen LogP contribution is -2.34. The molecule has 0 radical (unpaired) electrons. The van der Waals surface area contributed by atoms with Gasteiger partial charge < -0.3 is 20.5 Å². The van der Waals surface area contributed by atoms with Crippen molar-refractivity contribution in [1.29, 1.82) is 0 Å². The van der Waals surface area contributed by atoms with Crippen LogP contribution in [-0.2, 0) is 14.4 Å². The molecule has 2 rings (SSSR count). The lowest BCUT2D eigenvalue weighted by atomic mass is 10.1. The van der Waals surface area contributed by atoms with Crippen LogP contribution in [-0.4, -0.2) is 42.6 Å². The number of hydrogen-bond acceptors (Lipinski definition) is 4. The van der Waals surface area contributed by atoms with Crippen molar-refractivity contribution in [2.45, 2.75) is 12.8 Å². The Hall–Kier alpha value is -3.09. The van der Waals surface area contributed by atoms with Gasteiger partial charge >= 0.3 is 5.97 Å². The largest absolute Gasteiger partial charge is 0.484 e. The number of benzene rings is 2. The van der Waals surface area contributed by atoms with Crippen molar-refractivity contribution < 1.29 is 24.2 Å². The number of ether oxygens (including phenoxy) is 1. The molecule has 0 atom stereocenters. The van der Waals surface area contributed by atoms with Gasteiger partial charge in [-0.15, -0.1) is 0 Å². The lowest BCUT2D eigenvalue weighted by molar-refractivity contribution is -0.137. The van der Waals surface area contributed by atoms with Gasteiger partial charge in [-0.25, -0.2) is 0 Å². The van der Waals surface area contributed by atoms with Gasteiger partial charge in [0.1, 0.15) is 5.75 Å². The summed E-state index contributed by atoms with van der Waals surface area (Å²) in [5.74, 6) is -1.01. The molecule has 132 valence electrons. The first-order valence-corrected chi connectivity index (χ1v) is 7.91. The zero-order valence-corrected chi connectivity index (χ0v) is 13.7. The summed E-state index contributed by atoms with van der Waals surface area (Å²) in [6.45, 7) is 0.102. The molecule has 0 fully saturated rings. The minimum atomic E-state index is -0.973. The molecule has 0 saturated carbocycles. The SMILES string of the molecule is O=C(O)CCNC(=O)CCNC(=O)COc1ccc2ccccc2c1. The molecule has 0 aliphatic heterocycles. The molecule has 0 aliphatic rings. The molecule has 2 amide bonds. The molecule has 0 bridgehead atoms. The molecule has 0 saturated heterocycles. The smallest absolute Gasteiger partial charge is 0.305 e. The summed E-state index contributed by atoms with van der Waals surface area (Å²) in [5.41, 5.74) is 0. The van der Waals surface area contributed by atoms with Crippen LogP contribution in [0.25, 0.3) is 10.8 Å². The Bertz CT molecular complexity index is 760. The Kier molecular flexibility index (Phi) is 6.76. The number of carbonyl (C=O) groups is 3. The first-order valence-electron chi connectivity index (χ1n) is 7.91. The monoisotopic (exact) mass is 344 g/mol. The summed E-state index contributed by atoms with van der Waals surface area (Å²) in [7, 11) is 0. The van der Waals surface area contributed by atoms with Crippen LogP contribution in [0.4, 0.5) is 0 Å². The molecule has 25 heavy (non-hydrogen) atoms. The number of nitrogens with one attached hydrogen (secondary N) is 2. The number of carbonyl (C=O) groups excluding carboxylic acids is 2. The zero-order valence-electron chi connectivity index (χ0n) is 13.7. The second kappa shape index (κ2) is 9.27. The molecule has 2 aromatic carbocycles. The normalized spacial score (nSPS) is 10.2. The molecule has 2 aromatic rings. The Morgan fingerprint density at radius 3 is 2.32 bits per heavy atom. The van der Waals surface area contributed by atoms with Gasteiger partial charge in [-0.2, -0.15) is 0 Å². The van der Waals surface area contributed by atoms with E-state index in [0.717, 1.165) is 10.8 Å². The summed E-state index contributed by atoms with van der Waals surface area (Å²) in [6, 6.07) is 13.4. The summed E-state index contributed by atoms with van der Waals surface area (Å²) >= 11 is 0. The van der Waals surface area contributed by atoms with E-state index in [1.807, 2.05) is 36.4 Å². The number of carboxylic acids is 1. The van der Waals surface area contributed by atoms with Crippen molar-refractivity contribution in [1.82, 2.24) is 10.6 Å². The lowest BCUT2D eigenvalue weighted by Gasteiger charge is -2.08. The van der Waals surface area contributed by atoms with Gasteiger partial charge in [0.15, 0.2) is 6.61 Å². The Morgan fingerprint density at radius 1 is 0.880 bits per heavy atom. The fourth-order valence-electron chi connectivity index (χ4n) is 2.17. The highest BCUT2D eigenvalue weighted by Gasteiger charge is 2.06.